The Morgan fingerprint density at radius 2 is 2.14 bits per heavy atom. The molecule has 0 saturated heterocycles. The van der Waals surface area contributed by atoms with E-state index in [4.69, 9.17) is 21.8 Å². The van der Waals surface area contributed by atoms with Crippen molar-refractivity contribution in [2.45, 2.75) is 0 Å². The molecule has 0 aliphatic carbocycles. The van der Waals surface area contributed by atoms with E-state index in [-0.39, 0.29) is 22.0 Å². The van der Waals surface area contributed by atoms with Crippen LogP contribution < -0.4 is 11.4 Å². The van der Waals surface area contributed by atoms with E-state index in [9.17, 15) is 9.90 Å². The van der Waals surface area contributed by atoms with E-state index in [1.54, 1.807) is 6.07 Å². The number of hydrogen-bond acceptors (Lipinski definition) is 4. The van der Waals surface area contributed by atoms with E-state index in [1.807, 2.05) is 0 Å². The van der Waals surface area contributed by atoms with E-state index in [2.05, 4.69) is 0 Å². The summed E-state index contributed by atoms with van der Waals surface area (Å²) in [5, 5.41) is 9.84. The SMILES string of the molecule is Nc1cc2ccc(O)c(Cl)c2oc1=O. The lowest BCUT2D eigenvalue weighted by molar-refractivity contribution is 0.473. The second-order valence-corrected chi connectivity index (χ2v) is 3.18. The van der Waals surface area contributed by atoms with E-state index >= 15 is 0 Å². The Morgan fingerprint density at radius 3 is 2.86 bits per heavy atom. The predicted molar refractivity (Wildman–Crippen MR) is 53.6 cm³/mol. The molecular formula is C9H6ClNO3. The summed E-state index contributed by atoms with van der Waals surface area (Å²) in [5.74, 6) is -0.132. The van der Waals surface area contributed by atoms with Crippen molar-refractivity contribution < 1.29 is 9.52 Å². The molecule has 1 heterocycles. The predicted octanol–water partition coefficient (Wildman–Crippen LogP) is 1.73. The molecule has 0 spiro atoms. The van der Waals surface area contributed by atoms with Gasteiger partial charge in [0.25, 0.3) is 0 Å². The highest BCUT2D eigenvalue weighted by molar-refractivity contribution is 6.36. The number of halogens is 1. The molecule has 0 atom stereocenters. The Morgan fingerprint density at radius 1 is 1.43 bits per heavy atom. The number of anilines is 1. The third-order valence-electron chi connectivity index (χ3n) is 1.85. The molecule has 3 N–H and O–H groups in total. The molecule has 0 bridgehead atoms. The largest absolute Gasteiger partial charge is 0.506 e. The van der Waals surface area contributed by atoms with Crippen LogP contribution in [0.2, 0.25) is 5.02 Å². The molecule has 0 saturated carbocycles. The lowest BCUT2D eigenvalue weighted by Crippen LogP contribution is -2.05. The highest BCUT2D eigenvalue weighted by Crippen LogP contribution is 2.31. The number of benzene rings is 1. The molecule has 0 fully saturated rings. The van der Waals surface area contributed by atoms with Crippen LogP contribution in [0.5, 0.6) is 5.75 Å². The molecule has 0 aliphatic rings. The minimum atomic E-state index is -0.662. The van der Waals surface area contributed by atoms with Crippen molar-refractivity contribution in [3.63, 3.8) is 0 Å². The molecule has 4 nitrogen and oxygen atoms in total. The van der Waals surface area contributed by atoms with Crippen LogP contribution in [0.1, 0.15) is 0 Å². The van der Waals surface area contributed by atoms with Gasteiger partial charge < -0.3 is 15.3 Å². The first kappa shape index (κ1) is 8.90. The average Bonchev–Trinajstić information content (AvgIpc) is 2.15. The van der Waals surface area contributed by atoms with Gasteiger partial charge in [0.1, 0.15) is 16.5 Å². The van der Waals surface area contributed by atoms with Gasteiger partial charge in [-0.1, -0.05) is 11.6 Å². The second kappa shape index (κ2) is 2.92. The molecule has 0 unspecified atom stereocenters. The summed E-state index contributed by atoms with van der Waals surface area (Å²) in [6, 6.07) is 4.42. The summed E-state index contributed by atoms with van der Waals surface area (Å²) in [4.78, 5) is 11.1. The van der Waals surface area contributed by atoms with Gasteiger partial charge in [-0.15, -0.1) is 0 Å². The number of rotatable bonds is 0. The number of nitrogens with two attached hydrogens (primary N) is 1. The first-order chi connectivity index (χ1) is 6.59. The maximum atomic E-state index is 11.1. The Hall–Kier alpha value is -1.68. The first-order valence-electron chi connectivity index (χ1n) is 3.80. The number of nitrogen functional groups attached to an aromatic ring is 1. The molecule has 0 amide bonds. The monoisotopic (exact) mass is 211 g/mol. The Kier molecular flexibility index (Phi) is 1.86. The normalized spacial score (nSPS) is 10.6. The molecule has 2 aromatic rings. The third kappa shape index (κ3) is 1.20. The molecule has 5 heteroatoms. The van der Waals surface area contributed by atoms with Gasteiger partial charge >= 0.3 is 5.63 Å². The summed E-state index contributed by atoms with van der Waals surface area (Å²) in [7, 11) is 0. The molecule has 72 valence electrons. The van der Waals surface area contributed by atoms with Crippen LogP contribution >= 0.6 is 11.6 Å². The van der Waals surface area contributed by atoms with Crippen LogP contribution in [0.3, 0.4) is 0 Å². The van der Waals surface area contributed by atoms with Crippen LogP contribution in [-0.2, 0) is 0 Å². The van der Waals surface area contributed by atoms with Crippen LogP contribution in [0.4, 0.5) is 5.69 Å². The zero-order valence-electron chi connectivity index (χ0n) is 6.95. The Labute approximate surface area is 83.5 Å². The fraction of sp³-hybridized carbons (Fsp3) is 0. The number of hydrogen-bond donors (Lipinski definition) is 2. The number of aromatic hydroxyl groups is 1. The average molecular weight is 212 g/mol. The van der Waals surface area contributed by atoms with Gasteiger partial charge in [-0.3, -0.25) is 0 Å². The standard InChI is InChI=1S/C9H6ClNO3/c10-7-6(12)2-1-4-3-5(11)9(13)14-8(4)7/h1-3,12H,11H2. The van der Waals surface area contributed by atoms with Gasteiger partial charge in [0, 0.05) is 5.39 Å². The minimum Gasteiger partial charge on any atom is -0.506 e. The zero-order chi connectivity index (χ0) is 10.3. The van der Waals surface area contributed by atoms with Gasteiger partial charge in [-0.05, 0) is 18.2 Å². The van der Waals surface area contributed by atoms with Crippen molar-refractivity contribution in [3.05, 3.63) is 33.6 Å². The maximum Gasteiger partial charge on any atom is 0.359 e. The molecule has 0 aliphatic heterocycles. The smallest absolute Gasteiger partial charge is 0.359 e. The van der Waals surface area contributed by atoms with Gasteiger partial charge in [0.15, 0.2) is 5.58 Å². The molecule has 1 aromatic carbocycles. The molecule has 2 rings (SSSR count). The van der Waals surface area contributed by atoms with Crippen LogP contribution in [0, 0.1) is 0 Å². The Bertz CT molecular complexity index is 562. The summed E-state index contributed by atoms with van der Waals surface area (Å²) >= 11 is 5.73. The van der Waals surface area contributed by atoms with Gasteiger partial charge in [0.05, 0.1) is 0 Å². The molecular weight excluding hydrogens is 206 g/mol. The van der Waals surface area contributed by atoms with Gasteiger partial charge in [0.2, 0.25) is 0 Å². The van der Waals surface area contributed by atoms with Crippen molar-refractivity contribution in [2.24, 2.45) is 0 Å². The van der Waals surface area contributed by atoms with E-state index < -0.39 is 5.63 Å². The van der Waals surface area contributed by atoms with Gasteiger partial charge in [-0.25, -0.2) is 4.79 Å². The molecule has 14 heavy (non-hydrogen) atoms. The first-order valence-corrected chi connectivity index (χ1v) is 4.18. The minimum absolute atomic E-state index is 0.0132. The highest BCUT2D eigenvalue weighted by Gasteiger charge is 2.08. The van der Waals surface area contributed by atoms with E-state index in [0.717, 1.165) is 0 Å². The maximum absolute atomic E-state index is 11.1. The quantitative estimate of drug-likeness (QED) is 0.651. The summed E-state index contributed by atoms with van der Waals surface area (Å²) in [6.07, 6.45) is 0. The lowest BCUT2D eigenvalue weighted by Gasteiger charge is -2.01. The highest BCUT2D eigenvalue weighted by atomic mass is 35.5. The summed E-state index contributed by atoms with van der Waals surface area (Å²) < 4.78 is 4.83. The van der Waals surface area contributed by atoms with Crippen molar-refractivity contribution in [1.29, 1.82) is 0 Å². The van der Waals surface area contributed by atoms with Crippen LogP contribution in [0.25, 0.3) is 11.0 Å². The van der Waals surface area contributed by atoms with Crippen molar-refractivity contribution in [2.75, 3.05) is 5.73 Å². The van der Waals surface area contributed by atoms with E-state index in [0.29, 0.717) is 5.39 Å². The van der Waals surface area contributed by atoms with Crippen LogP contribution in [0.15, 0.2) is 27.4 Å². The van der Waals surface area contributed by atoms with Crippen molar-refractivity contribution in [1.82, 2.24) is 0 Å². The second-order valence-electron chi connectivity index (χ2n) is 2.81. The number of phenols is 1. The van der Waals surface area contributed by atoms with Crippen molar-refractivity contribution in [3.8, 4) is 5.75 Å². The summed E-state index contributed by atoms with van der Waals surface area (Å²) in [5.41, 5.74) is 4.86. The number of fused-ring (bicyclic) bond motifs is 1. The third-order valence-corrected chi connectivity index (χ3v) is 2.21. The fourth-order valence-corrected chi connectivity index (χ4v) is 1.37. The zero-order valence-corrected chi connectivity index (χ0v) is 7.71. The lowest BCUT2D eigenvalue weighted by atomic mass is 10.2. The topological polar surface area (TPSA) is 76.5 Å². The molecule has 1 aromatic heterocycles. The van der Waals surface area contributed by atoms with Crippen LogP contribution in [-0.4, -0.2) is 5.11 Å². The van der Waals surface area contributed by atoms with E-state index in [1.165, 1.54) is 12.1 Å². The van der Waals surface area contributed by atoms with Crippen molar-refractivity contribution >= 4 is 28.3 Å². The number of phenolic OH excluding ortho intramolecular Hbond substituents is 1. The Balaban J connectivity index is 2.97. The van der Waals surface area contributed by atoms with Gasteiger partial charge in [-0.2, -0.15) is 0 Å². The summed E-state index contributed by atoms with van der Waals surface area (Å²) in [6.45, 7) is 0. The molecule has 0 radical (unpaired) electrons. The fourth-order valence-electron chi connectivity index (χ4n) is 1.16.